The molecule has 27 heavy (non-hydrogen) atoms. The Hall–Kier alpha value is -2.03. The Kier molecular flexibility index (Phi) is 6.08. The van der Waals surface area contributed by atoms with Crippen molar-refractivity contribution in [3.8, 4) is 17.2 Å². The summed E-state index contributed by atoms with van der Waals surface area (Å²) in [5.74, 6) is 1.11. The first-order valence-electron chi connectivity index (χ1n) is 9.08. The Morgan fingerprint density at radius 1 is 1.11 bits per heavy atom. The zero-order chi connectivity index (χ0) is 19.4. The summed E-state index contributed by atoms with van der Waals surface area (Å²) in [4.78, 5) is 15.3. The van der Waals surface area contributed by atoms with Crippen LogP contribution in [0.5, 0.6) is 17.2 Å². The molecule has 2 saturated heterocycles. The highest BCUT2D eigenvalue weighted by molar-refractivity contribution is 5.69. The van der Waals surface area contributed by atoms with E-state index in [1.54, 1.807) is 21.3 Å². The van der Waals surface area contributed by atoms with Crippen molar-refractivity contribution in [3.63, 3.8) is 0 Å². The average Bonchev–Trinajstić information content (AvgIpc) is 3.01. The van der Waals surface area contributed by atoms with E-state index in [2.05, 4.69) is 4.90 Å². The molecular weight excluding hydrogens is 352 g/mol. The Morgan fingerprint density at radius 3 is 2.52 bits per heavy atom. The number of nitrogens with zero attached hydrogens (tertiary/aromatic N) is 2. The Labute approximate surface area is 159 Å². The summed E-state index contributed by atoms with van der Waals surface area (Å²) in [6.45, 7) is 4.39. The standard InChI is InChI=1S/C19H28N2O6/c1-24-15-5-4-14(17(25-2)18(15)26-3)10-21-8-9-27-19(13-21)6-7-20(12-19)11-16(22)23/h4-5H,6-13H2,1-3H3,(H,22,23). The molecule has 0 aromatic heterocycles. The number of hydrogen-bond donors (Lipinski definition) is 1. The summed E-state index contributed by atoms with van der Waals surface area (Å²) in [5, 5.41) is 9.03. The lowest BCUT2D eigenvalue weighted by Crippen LogP contribution is -2.53. The summed E-state index contributed by atoms with van der Waals surface area (Å²) in [6, 6.07) is 3.88. The van der Waals surface area contributed by atoms with Gasteiger partial charge in [0.05, 0.1) is 40.1 Å². The molecule has 1 spiro atoms. The first kappa shape index (κ1) is 19.7. The third-order valence-electron chi connectivity index (χ3n) is 5.26. The Balaban J connectivity index is 1.72. The maximum atomic E-state index is 11.0. The van der Waals surface area contributed by atoms with E-state index in [1.165, 1.54) is 0 Å². The smallest absolute Gasteiger partial charge is 0.317 e. The number of ether oxygens (including phenoxy) is 4. The van der Waals surface area contributed by atoms with Crippen LogP contribution < -0.4 is 14.2 Å². The zero-order valence-electron chi connectivity index (χ0n) is 16.2. The van der Waals surface area contributed by atoms with E-state index >= 15 is 0 Å². The summed E-state index contributed by atoms with van der Waals surface area (Å²) in [5.41, 5.74) is 0.727. The van der Waals surface area contributed by atoms with E-state index in [-0.39, 0.29) is 12.1 Å². The first-order valence-corrected chi connectivity index (χ1v) is 9.08. The molecule has 0 saturated carbocycles. The fourth-order valence-electron chi connectivity index (χ4n) is 4.09. The van der Waals surface area contributed by atoms with Gasteiger partial charge in [0.1, 0.15) is 0 Å². The molecule has 8 nitrogen and oxygen atoms in total. The lowest BCUT2D eigenvalue weighted by Gasteiger charge is -2.40. The molecule has 1 aromatic carbocycles. The zero-order valence-corrected chi connectivity index (χ0v) is 16.2. The number of hydrogen-bond acceptors (Lipinski definition) is 7. The van der Waals surface area contributed by atoms with Gasteiger partial charge in [-0.05, 0) is 12.5 Å². The molecule has 1 atom stereocenters. The molecule has 150 valence electrons. The van der Waals surface area contributed by atoms with Crippen molar-refractivity contribution in [1.29, 1.82) is 0 Å². The second-order valence-corrected chi connectivity index (χ2v) is 7.09. The third kappa shape index (κ3) is 4.28. The SMILES string of the molecule is COc1ccc(CN2CCOC3(CCN(CC(=O)O)C3)C2)c(OC)c1OC. The van der Waals surface area contributed by atoms with Crippen LogP contribution in [0.3, 0.4) is 0 Å². The fraction of sp³-hybridized carbons (Fsp3) is 0.632. The molecule has 8 heteroatoms. The maximum Gasteiger partial charge on any atom is 0.317 e. The van der Waals surface area contributed by atoms with Gasteiger partial charge < -0.3 is 24.1 Å². The molecule has 0 aliphatic carbocycles. The largest absolute Gasteiger partial charge is 0.493 e. The van der Waals surface area contributed by atoms with Crippen molar-refractivity contribution < 1.29 is 28.8 Å². The maximum absolute atomic E-state index is 11.0. The molecule has 1 aromatic rings. The number of likely N-dealkylation sites (tertiary alicyclic amines) is 1. The van der Waals surface area contributed by atoms with Gasteiger partial charge in [-0.15, -0.1) is 0 Å². The minimum Gasteiger partial charge on any atom is -0.493 e. The lowest BCUT2D eigenvalue weighted by molar-refractivity contribution is -0.138. The lowest BCUT2D eigenvalue weighted by atomic mass is 10.00. The Bertz CT molecular complexity index is 682. The molecule has 0 amide bonds. The van der Waals surface area contributed by atoms with E-state index < -0.39 is 5.97 Å². The minimum absolute atomic E-state index is 0.0641. The van der Waals surface area contributed by atoms with Gasteiger partial charge in [0.15, 0.2) is 11.5 Å². The number of benzene rings is 1. The number of aliphatic carboxylic acids is 1. The van der Waals surface area contributed by atoms with Crippen molar-refractivity contribution in [2.24, 2.45) is 0 Å². The molecular formula is C19H28N2O6. The molecule has 0 bridgehead atoms. The molecule has 0 radical (unpaired) electrons. The minimum atomic E-state index is -0.797. The van der Waals surface area contributed by atoms with Crippen LogP contribution >= 0.6 is 0 Å². The van der Waals surface area contributed by atoms with Gasteiger partial charge in [-0.2, -0.15) is 0 Å². The van der Waals surface area contributed by atoms with Crippen LogP contribution in [-0.4, -0.2) is 87.1 Å². The van der Waals surface area contributed by atoms with Crippen LogP contribution in [0, 0.1) is 0 Å². The van der Waals surface area contributed by atoms with Gasteiger partial charge in [-0.25, -0.2) is 0 Å². The summed E-state index contributed by atoms with van der Waals surface area (Å²) in [7, 11) is 4.83. The number of morpholine rings is 1. The Morgan fingerprint density at radius 2 is 1.85 bits per heavy atom. The highest BCUT2D eigenvalue weighted by Gasteiger charge is 2.43. The highest BCUT2D eigenvalue weighted by atomic mass is 16.5. The van der Waals surface area contributed by atoms with Gasteiger partial charge >= 0.3 is 5.97 Å². The number of carboxylic acids is 1. The first-order chi connectivity index (χ1) is 13.0. The van der Waals surface area contributed by atoms with Crippen molar-refractivity contribution in [1.82, 2.24) is 9.80 Å². The van der Waals surface area contributed by atoms with E-state index in [1.807, 2.05) is 17.0 Å². The molecule has 2 aliphatic heterocycles. The van der Waals surface area contributed by atoms with Gasteiger partial charge in [0, 0.05) is 38.3 Å². The van der Waals surface area contributed by atoms with Crippen LogP contribution in [0.15, 0.2) is 12.1 Å². The highest BCUT2D eigenvalue weighted by Crippen LogP contribution is 2.40. The van der Waals surface area contributed by atoms with Crippen LogP contribution in [0.4, 0.5) is 0 Å². The van der Waals surface area contributed by atoms with Crippen molar-refractivity contribution >= 4 is 5.97 Å². The predicted octanol–water partition coefficient (Wildman–Crippen LogP) is 1.07. The summed E-state index contributed by atoms with van der Waals surface area (Å²) >= 11 is 0. The second-order valence-electron chi connectivity index (χ2n) is 7.09. The van der Waals surface area contributed by atoms with Crippen LogP contribution in [0.1, 0.15) is 12.0 Å². The van der Waals surface area contributed by atoms with E-state index in [4.69, 9.17) is 24.1 Å². The van der Waals surface area contributed by atoms with Gasteiger partial charge in [0.25, 0.3) is 0 Å². The quantitative estimate of drug-likeness (QED) is 0.753. The molecule has 1 unspecified atom stereocenters. The van der Waals surface area contributed by atoms with E-state index in [9.17, 15) is 4.79 Å². The van der Waals surface area contributed by atoms with Crippen molar-refractivity contribution in [2.75, 3.05) is 60.7 Å². The van der Waals surface area contributed by atoms with Crippen LogP contribution in [0.2, 0.25) is 0 Å². The molecule has 3 rings (SSSR count). The summed E-state index contributed by atoms with van der Waals surface area (Å²) < 4.78 is 22.5. The van der Waals surface area contributed by atoms with Crippen molar-refractivity contribution in [2.45, 2.75) is 18.6 Å². The normalized spacial score (nSPS) is 23.5. The fourth-order valence-corrected chi connectivity index (χ4v) is 4.09. The van der Waals surface area contributed by atoms with E-state index in [0.29, 0.717) is 36.9 Å². The number of carboxylic acid groups (broad SMARTS) is 1. The second kappa shape index (κ2) is 8.33. The molecule has 2 heterocycles. The number of methoxy groups -OCH3 is 3. The number of carbonyl (C=O) groups is 1. The predicted molar refractivity (Wildman–Crippen MR) is 98.8 cm³/mol. The molecule has 2 fully saturated rings. The average molecular weight is 380 g/mol. The monoisotopic (exact) mass is 380 g/mol. The summed E-state index contributed by atoms with van der Waals surface area (Å²) in [6.07, 6.45) is 0.847. The van der Waals surface area contributed by atoms with Crippen LogP contribution in [-0.2, 0) is 16.1 Å². The van der Waals surface area contributed by atoms with Gasteiger partial charge in [0.2, 0.25) is 5.75 Å². The van der Waals surface area contributed by atoms with Gasteiger partial charge in [-0.3, -0.25) is 14.6 Å². The topological polar surface area (TPSA) is 80.7 Å². The number of rotatable bonds is 7. The van der Waals surface area contributed by atoms with Crippen LogP contribution in [0.25, 0.3) is 0 Å². The van der Waals surface area contributed by atoms with Gasteiger partial charge in [-0.1, -0.05) is 6.07 Å². The van der Waals surface area contributed by atoms with Crippen molar-refractivity contribution in [3.05, 3.63) is 17.7 Å². The third-order valence-corrected chi connectivity index (χ3v) is 5.26. The molecule has 1 N–H and O–H groups in total. The van der Waals surface area contributed by atoms with E-state index in [0.717, 1.165) is 31.6 Å². The molecule has 2 aliphatic rings.